The van der Waals surface area contributed by atoms with Crippen LogP contribution in [0.25, 0.3) is 5.76 Å². The highest BCUT2D eigenvalue weighted by molar-refractivity contribution is 6.07. The van der Waals surface area contributed by atoms with Gasteiger partial charge in [-0.25, -0.2) is 4.98 Å². The van der Waals surface area contributed by atoms with Crippen LogP contribution in [0.1, 0.15) is 27.4 Å². The van der Waals surface area contributed by atoms with Crippen LogP contribution in [0.3, 0.4) is 0 Å². The summed E-state index contributed by atoms with van der Waals surface area (Å²) in [6.45, 7) is 0.846. The first-order valence-corrected chi connectivity index (χ1v) is 9.26. The Bertz CT molecular complexity index is 1140. The Morgan fingerprint density at radius 2 is 1.97 bits per heavy atom. The quantitative estimate of drug-likeness (QED) is 0.266. The van der Waals surface area contributed by atoms with Gasteiger partial charge in [0.25, 0.3) is 0 Å². The summed E-state index contributed by atoms with van der Waals surface area (Å²) in [4.78, 5) is 20.6. The van der Waals surface area contributed by atoms with Gasteiger partial charge < -0.3 is 14.4 Å². The van der Waals surface area contributed by atoms with Crippen molar-refractivity contribution in [2.45, 2.75) is 13.2 Å². The number of carbonyl (C=O) groups excluding carboxylic acids is 1. The van der Waals surface area contributed by atoms with Crippen molar-refractivity contribution in [1.29, 1.82) is 0 Å². The predicted octanol–water partition coefficient (Wildman–Crippen LogP) is 3.41. The standard InChI is InChI=1S/C22H19N5O3/c28-20(11-21(29)22-24-15-25-26-22)17-10-18(14-30-19-4-2-1-3-5-19)27(13-17)12-16-6-8-23-9-7-16/h1-11,13,15,29H,12,14H2,(H,24,25,26). The van der Waals surface area contributed by atoms with E-state index in [0.717, 1.165) is 23.1 Å². The maximum absolute atomic E-state index is 12.7. The van der Waals surface area contributed by atoms with Crippen molar-refractivity contribution in [2.24, 2.45) is 0 Å². The van der Waals surface area contributed by atoms with Gasteiger partial charge in [0.15, 0.2) is 11.5 Å². The molecule has 4 rings (SSSR count). The molecule has 2 N–H and O–H groups in total. The monoisotopic (exact) mass is 401 g/mol. The van der Waals surface area contributed by atoms with E-state index in [0.29, 0.717) is 18.7 Å². The molecular formula is C22H19N5O3. The molecule has 3 aromatic heterocycles. The van der Waals surface area contributed by atoms with E-state index in [1.807, 2.05) is 47.0 Å². The Hall–Kier alpha value is -4.20. The van der Waals surface area contributed by atoms with Gasteiger partial charge in [-0.2, -0.15) is 5.10 Å². The Labute approximate surface area is 172 Å². The van der Waals surface area contributed by atoms with Crippen molar-refractivity contribution in [3.8, 4) is 5.75 Å². The number of rotatable bonds is 8. The summed E-state index contributed by atoms with van der Waals surface area (Å²) in [5.41, 5.74) is 2.29. The second kappa shape index (κ2) is 8.87. The zero-order valence-corrected chi connectivity index (χ0v) is 16.0. The number of aliphatic hydroxyl groups excluding tert-OH is 1. The van der Waals surface area contributed by atoms with Gasteiger partial charge in [-0.15, -0.1) is 0 Å². The third-order valence-electron chi connectivity index (χ3n) is 4.41. The Kier molecular flexibility index (Phi) is 5.66. The van der Waals surface area contributed by atoms with Crippen molar-refractivity contribution in [3.05, 3.63) is 102 Å². The summed E-state index contributed by atoms with van der Waals surface area (Å²) in [6.07, 6.45) is 7.63. The first-order chi connectivity index (χ1) is 14.7. The fraction of sp³-hybridized carbons (Fsp3) is 0.0909. The van der Waals surface area contributed by atoms with Gasteiger partial charge in [0.1, 0.15) is 18.7 Å². The molecule has 3 heterocycles. The van der Waals surface area contributed by atoms with Gasteiger partial charge in [0.05, 0.1) is 5.69 Å². The number of hydrogen-bond acceptors (Lipinski definition) is 6. The minimum absolute atomic E-state index is 0.0622. The minimum atomic E-state index is -0.355. The van der Waals surface area contributed by atoms with Gasteiger partial charge in [-0.1, -0.05) is 18.2 Å². The number of nitrogens with one attached hydrogen (secondary N) is 1. The maximum atomic E-state index is 12.7. The number of hydrogen-bond donors (Lipinski definition) is 2. The van der Waals surface area contributed by atoms with Crippen LogP contribution in [-0.2, 0) is 13.2 Å². The van der Waals surface area contributed by atoms with E-state index < -0.39 is 0 Å². The second-order valence-corrected chi connectivity index (χ2v) is 6.52. The van der Waals surface area contributed by atoms with E-state index in [9.17, 15) is 9.90 Å². The molecule has 0 aliphatic rings. The molecule has 0 radical (unpaired) electrons. The van der Waals surface area contributed by atoms with Crippen LogP contribution in [0.2, 0.25) is 0 Å². The molecule has 0 atom stereocenters. The van der Waals surface area contributed by atoms with Crippen molar-refractivity contribution in [2.75, 3.05) is 0 Å². The molecule has 0 fully saturated rings. The van der Waals surface area contributed by atoms with Crippen LogP contribution >= 0.6 is 0 Å². The molecule has 0 saturated carbocycles. The molecule has 8 nitrogen and oxygen atoms in total. The lowest BCUT2D eigenvalue weighted by Gasteiger charge is -2.10. The molecule has 0 saturated heterocycles. The van der Waals surface area contributed by atoms with E-state index in [2.05, 4.69) is 20.2 Å². The normalized spacial score (nSPS) is 11.4. The number of nitrogens with zero attached hydrogens (tertiary/aromatic N) is 4. The fourth-order valence-electron chi connectivity index (χ4n) is 2.92. The van der Waals surface area contributed by atoms with Crippen LogP contribution in [-0.4, -0.2) is 35.6 Å². The third kappa shape index (κ3) is 4.61. The summed E-state index contributed by atoms with van der Waals surface area (Å²) in [5, 5.41) is 16.3. The largest absolute Gasteiger partial charge is 0.504 e. The highest BCUT2D eigenvalue weighted by atomic mass is 16.5. The van der Waals surface area contributed by atoms with Crippen molar-refractivity contribution in [1.82, 2.24) is 24.7 Å². The van der Waals surface area contributed by atoms with E-state index in [1.54, 1.807) is 24.7 Å². The van der Waals surface area contributed by atoms with Gasteiger partial charge in [0.2, 0.25) is 5.82 Å². The van der Waals surface area contributed by atoms with E-state index in [-0.39, 0.29) is 17.4 Å². The Balaban J connectivity index is 1.59. The lowest BCUT2D eigenvalue weighted by atomic mass is 10.2. The number of para-hydroxylation sites is 1. The maximum Gasteiger partial charge on any atom is 0.215 e. The molecule has 0 unspecified atom stereocenters. The molecule has 30 heavy (non-hydrogen) atoms. The number of ketones is 1. The average Bonchev–Trinajstić information content (AvgIpc) is 3.44. The molecule has 0 amide bonds. The first-order valence-electron chi connectivity index (χ1n) is 9.26. The van der Waals surface area contributed by atoms with Gasteiger partial charge in [-0.05, 0) is 35.9 Å². The number of benzene rings is 1. The van der Waals surface area contributed by atoms with E-state index in [4.69, 9.17) is 4.74 Å². The molecular weight excluding hydrogens is 382 g/mol. The summed E-state index contributed by atoms with van der Waals surface area (Å²) in [6, 6.07) is 15.1. The second-order valence-electron chi connectivity index (χ2n) is 6.52. The summed E-state index contributed by atoms with van der Waals surface area (Å²) in [5.74, 6) is 0.147. The molecule has 0 bridgehead atoms. The number of aliphatic hydroxyl groups is 1. The molecule has 8 heteroatoms. The lowest BCUT2D eigenvalue weighted by molar-refractivity contribution is 0.104. The van der Waals surface area contributed by atoms with Crippen molar-refractivity contribution < 1.29 is 14.6 Å². The fourth-order valence-corrected chi connectivity index (χ4v) is 2.92. The van der Waals surface area contributed by atoms with Crippen LogP contribution in [0, 0.1) is 0 Å². The van der Waals surface area contributed by atoms with Gasteiger partial charge >= 0.3 is 0 Å². The number of H-pyrrole nitrogens is 1. The summed E-state index contributed by atoms with van der Waals surface area (Å²) in [7, 11) is 0. The minimum Gasteiger partial charge on any atom is -0.504 e. The summed E-state index contributed by atoms with van der Waals surface area (Å²) >= 11 is 0. The van der Waals surface area contributed by atoms with Crippen LogP contribution in [0.4, 0.5) is 0 Å². The van der Waals surface area contributed by atoms with Crippen molar-refractivity contribution in [3.63, 3.8) is 0 Å². The van der Waals surface area contributed by atoms with Crippen LogP contribution in [0.15, 0.2) is 79.5 Å². The molecule has 0 aliphatic heterocycles. The zero-order chi connectivity index (χ0) is 20.8. The SMILES string of the molecule is O=C(C=C(O)c1nc[nH]n1)c1cc(COc2ccccc2)n(Cc2ccncc2)c1. The smallest absolute Gasteiger partial charge is 0.215 e. The highest BCUT2D eigenvalue weighted by Crippen LogP contribution is 2.18. The van der Waals surface area contributed by atoms with Gasteiger partial charge in [-0.3, -0.25) is 14.9 Å². The zero-order valence-electron chi connectivity index (χ0n) is 16.0. The molecule has 0 aliphatic carbocycles. The summed E-state index contributed by atoms with van der Waals surface area (Å²) < 4.78 is 7.82. The molecule has 1 aromatic carbocycles. The van der Waals surface area contributed by atoms with E-state index >= 15 is 0 Å². The lowest BCUT2D eigenvalue weighted by Crippen LogP contribution is -2.06. The van der Waals surface area contributed by atoms with Gasteiger partial charge in [0, 0.05) is 36.8 Å². The van der Waals surface area contributed by atoms with Crippen LogP contribution in [0.5, 0.6) is 5.75 Å². The number of pyridine rings is 1. The average molecular weight is 401 g/mol. The van der Waals surface area contributed by atoms with Crippen LogP contribution < -0.4 is 4.74 Å². The topological polar surface area (TPSA) is 106 Å². The Morgan fingerprint density at radius 3 is 2.70 bits per heavy atom. The van der Waals surface area contributed by atoms with Crippen molar-refractivity contribution >= 4 is 11.5 Å². The molecule has 4 aromatic rings. The number of ether oxygens (including phenoxy) is 1. The number of allylic oxidation sites excluding steroid dienone is 1. The molecule has 0 spiro atoms. The highest BCUT2D eigenvalue weighted by Gasteiger charge is 2.14. The third-order valence-corrected chi connectivity index (χ3v) is 4.41. The van der Waals surface area contributed by atoms with E-state index in [1.165, 1.54) is 6.33 Å². The predicted molar refractivity (Wildman–Crippen MR) is 110 cm³/mol. The first kappa shape index (κ1) is 19.1. The number of aromatic amines is 1. The Morgan fingerprint density at radius 1 is 1.17 bits per heavy atom. The number of carbonyl (C=O) groups is 1. The number of aromatic nitrogens is 5. The molecule has 150 valence electrons.